The Morgan fingerprint density at radius 1 is 0.907 bits per heavy atom. The van der Waals surface area contributed by atoms with E-state index in [1.165, 1.54) is 11.1 Å². The Hall–Kier alpha value is -4.06. The van der Waals surface area contributed by atoms with Crippen LogP contribution in [0.2, 0.25) is 10.0 Å². The first kappa shape index (κ1) is 30.4. The number of imidazole rings is 1. The molecule has 5 nitrogen and oxygen atoms in total. The van der Waals surface area contributed by atoms with Gasteiger partial charge in [0.15, 0.2) is 0 Å². The van der Waals surface area contributed by atoms with Crippen LogP contribution in [0.1, 0.15) is 51.1 Å². The number of aliphatic carboxylic acids is 1. The van der Waals surface area contributed by atoms with E-state index < -0.39 is 12.0 Å². The summed E-state index contributed by atoms with van der Waals surface area (Å²) >= 11 is 12.7. The van der Waals surface area contributed by atoms with Crippen LogP contribution in [0.15, 0.2) is 97.2 Å². The molecule has 43 heavy (non-hydrogen) atoms. The average molecular weight is 613 g/mol. The Morgan fingerprint density at radius 2 is 1.53 bits per heavy atom. The molecule has 0 saturated carbocycles. The third-order valence-electron chi connectivity index (χ3n) is 7.58. The lowest BCUT2D eigenvalue weighted by molar-refractivity contribution is -0.137. The van der Waals surface area contributed by atoms with Crippen molar-refractivity contribution in [3.05, 3.63) is 124 Å². The summed E-state index contributed by atoms with van der Waals surface area (Å²) in [6, 6.07) is 29.8. The number of benzene rings is 4. The van der Waals surface area contributed by atoms with E-state index in [0.29, 0.717) is 22.9 Å². The molecule has 0 amide bonds. The van der Waals surface area contributed by atoms with Crippen molar-refractivity contribution >= 4 is 34.9 Å². The normalized spacial score (nSPS) is 12.2. The number of carbonyl (C=O) groups is 1. The molecule has 0 radical (unpaired) electrons. The first-order valence-corrected chi connectivity index (χ1v) is 15.1. The summed E-state index contributed by atoms with van der Waals surface area (Å²) in [6.07, 6.45) is 3.06. The summed E-state index contributed by atoms with van der Waals surface area (Å²) in [7, 11) is 0. The van der Waals surface area contributed by atoms with E-state index >= 15 is 0 Å². The highest BCUT2D eigenvalue weighted by molar-refractivity contribution is 6.36. The molecule has 1 atom stereocenters. The number of carboxylic acid groups (broad SMARTS) is 1. The van der Waals surface area contributed by atoms with Crippen LogP contribution in [0.3, 0.4) is 0 Å². The second kappa shape index (κ2) is 12.7. The SMILES string of the molecule is CC[C@@H](Nc1ccc(-n2cc(-c3ccc(Cl)cc3Cl)nc2Cc2ccc(-c3ccc(C(C)(C)C)cc3)cc2)cc1)C(=O)O. The zero-order valence-electron chi connectivity index (χ0n) is 24.7. The molecule has 5 rings (SSSR count). The van der Waals surface area contributed by atoms with Crippen molar-refractivity contribution in [1.29, 1.82) is 0 Å². The molecular weight excluding hydrogens is 577 g/mol. The van der Waals surface area contributed by atoms with Crippen molar-refractivity contribution in [2.75, 3.05) is 5.32 Å². The number of hydrogen-bond donors (Lipinski definition) is 2. The number of halogens is 2. The maximum Gasteiger partial charge on any atom is 0.326 e. The fourth-order valence-electron chi connectivity index (χ4n) is 5.01. The van der Waals surface area contributed by atoms with Crippen LogP contribution < -0.4 is 5.32 Å². The molecule has 0 aliphatic rings. The molecule has 0 spiro atoms. The summed E-state index contributed by atoms with van der Waals surface area (Å²) < 4.78 is 2.05. The van der Waals surface area contributed by atoms with Gasteiger partial charge in [-0.1, -0.05) is 99.4 Å². The molecule has 1 heterocycles. The molecule has 220 valence electrons. The Bertz CT molecular complexity index is 1720. The fraction of sp³-hybridized carbons (Fsp3) is 0.222. The molecule has 0 fully saturated rings. The highest BCUT2D eigenvalue weighted by atomic mass is 35.5. The smallest absolute Gasteiger partial charge is 0.326 e. The van der Waals surface area contributed by atoms with Crippen LogP contribution in [0.4, 0.5) is 5.69 Å². The topological polar surface area (TPSA) is 67.2 Å². The molecule has 0 bridgehead atoms. The zero-order chi connectivity index (χ0) is 30.7. The van der Waals surface area contributed by atoms with Crippen LogP contribution >= 0.6 is 23.2 Å². The summed E-state index contributed by atoms with van der Waals surface area (Å²) in [5, 5.41) is 13.6. The molecular formula is C36H35Cl2N3O2. The number of nitrogens with one attached hydrogen (secondary N) is 1. The van der Waals surface area contributed by atoms with Gasteiger partial charge in [0, 0.05) is 34.6 Å². The first-order valence-electron chi connectivity index (χ1n) is 14.3. The molecule has 0 saturated heterocycles. The third-order valence-corrected chi connectivity index (χ3v) is 8.13. The summed E-state index contributed by atoms with van der Waals surface area (Å²) in [5.41, 5.74) is 8.09. The van der Waals surface area contributed by atoms with Gasteiger partial charge in [-0.3, -0.25) is 0 Å². The number of carboxylic acids is 1. The lowest BCUT2D eigenvalue weighted by Crippen LogP contribution is -2.28. The summed E-state index contributed by atoms with van der Waals surface area (Å²) in [6.45, 7) is 8.51. The number of aromatic nitrogens is 2. The van der Waals surface area contributed by atoms with Crippen molar-refractivity contribution in [3.63, 3.8) is 0 Å². The minimum absolute atomic E-state index is 0.118. The molecule has 1 aromatic heterocycles. The first-order chi connectivity index (χ1) is 20.5. The van der Waals surface area contributed by atoms with Crippen molar-refractivity contribution < 1.29 is 9.90 Å². The minimum atomic E-state index is -0.874. The monoisotopic (exact) mass is 611 g/mol. The number of hydrogen-bond acceptors (Lipinski definition) is 3. The van der Waals surface area contributed by atoms with Gasteiger partial charge in [0.2, 0.25) is 0 Å². The third kappa shape index (κ3) is 7.12. The van der Waals surface area contributed by atoms with Crippen molar-refractivity contribution in [3.8, 4) is 28.1 Å². The number of rotatable bonds is 9. The van der Waals surface area contributed by atoms with Crippen LogP contribution in [-0.4, -0.2) is 26.7 Å². The highest BCUT2D eigenvalue weighted by Gasteiger charge is 2.17. The minimum Gasteiger partial charge on any atom is -0.480 e. The quantitative estimate of drug-likeness (QED) is 0.174. The van der Waals surface area contributed by atoms with E-state index in [0.717, 1.165) is 39.6 Å². The van der Waals surface area contributed by atoms with Crippen LogP contribution in [0, 0.1) is 0 Å². The van der Waals surface area contributed by atoms with Gasteiger partial charge < -0.3 is 15.0 Å². The van der Waals surface area contributed by atoms with Gasteiger partial charge in [-0.25, -0.2) is 9.78 Å². The standard InChI is InChI=1S/C36H35Cl2N3O2/c1-5-32(35(42)43)39-28-15-17-29(18-16-28)41-22-33(30-19-14-27(37)21-31(30)38)40-34(41)20-23-6-8-24(9-7-23)25-10-12-26(13-11-25)36(2,3)4/h6-19,21-22,32,39H,5,20H2,1-4H3,(H,42,43)/t32-/m1/s1. The van der Waals surface area contributed by atoms with Crippen LogP contribution in [0.25, 0.3) is 28.1 Å². The molecule has 4 aromatic carbocycles. The predicted octanol–water partition coefficient (Wildman–Crippen LogP) is 9.68. The van der Waals surface area contributed by atoms with E-state index in [-0.39, 0.29) is 5.41 Å². The second-order valence-electron chi connectivity index (χ2n) is 11.7. The Kier molecular flexibility index (Phi) is 8.95. The van der Waals surface area contributed by atoms with Crippen molar-refractivity contribution in [2.24, 2.45) is 0 Å². The van der Waals surface area contributed by atoms with Crippen LogP contribution in [0.5, 0.6) is 0 Å². The molecule has 0 aliphatic carbocycles. The Morgan fingerprint density at radius 3 is 2.09 bits per heavy atom. The van der Waals surface area contributed by atoms with Gasteiger partial charge in [0.25, 0.3) is 0 Å². The van der Waals surface area contributed by atoms with Gasteiger partial charge in [0.1, 0.15) is 11.9 Å². The number of anilines is 1. The molecule has 0 unspecified atom stereocenters. The molecule has 7 heteroatoms. The van der Waals surface area contributed by atoms with Gasteiger partial charge in [-0.2, -0.15) is 0 Å². The van der Waals surface area contributed by atoms with E-state index in [2.05, 4.69) is 79.2 Å². The second-order valence-corrected chi connectivity index (χ2v) is 12.6. The maximum atomic E-state index is 11.5. The van der Waals surface area contributed by atoms with E-state index in [1.807, 2.05) is 43.5 Å². The molecule has 2 N–H and O–H groups in total. The lowest BCUT2D eigenvalue weighted by Gasteiger charge is -2.19. The largest absolute Gasteiger partial charge is 0.480 e. The average Bonchev–Trinajstić information content (AvgIpc) is 3.39. The highest BCUT2D eigenvalue weighted by Crippen LogP contribution is 2.32. The van der Waals surface area contributed by atoms with Gasteiger partial charge in [-0.15, -0.1) is 0 Å². The Labute approximate surface area is 263 Å². The lowest BCUT2D eigenvalue weighted by atomic mass is 9.86. The maximum absolute atomic E-state index is 11.5. The molecule has 5 aromatic rings. The summed E-state index contributed by atoms with van der Waals surface area (Å²) in [4.78, 5) is 16.5. The van der Waals surface area contributed by atoms with Crippen LogP contribution in [-0.2, 0) is 16.6 Å². The molecule has 0 aliphatic heterocycles. The van der Waals surface area contributed by atoms with E-state index in [4.69, 9.17) is 28.2 Å². The van der Waals surface area contributed by atoms with Gasteiger partial charge in [0.05, 0.1) is 10.7 Å². The van der Waals surface area contributed by atoms with Crippen molar-refractivity contribution in [2.45, 2.75) is 52.0 Å². The zero-order valence-corrected chi connectivity index (χ0v) is 26.2. The fourth-order valence-corrected chi connectivity index (χ4v) is 5.52. The van der Waals surface area contributed by atoms with Gasteiger partial charge in [-0.05, 0) is 76.6 Å². The summed E-state index contributed by atoms with van der Waals surface area (Å²) in [5.74, 6) is -0.0260. The predicted molar refractivity (Wildman–Crippen MR) is 178 cm³/mol. The Balaban J connectivity index is 1.45. The van der Waals surface area contributed by atoms with E-state index in [1.54, 1.807) is 12.1 Å². The van der Waals surface area contributed by atoms with E-state index in [9.17, 15) is 9.90 Å². The number of nitrogens with zero attached hydrogens (tertiary/aromatic N) is 2. The van der Waals surface area contributed by atoms with Crippen molar-refractivity contribution in [1.82, 2.24) is 9.55 Å². The van der Waals surface area contributed by atoms with Gasteiger partial charge >= 0.3 is 5.97 Å².